The number of hydrogen-bond acceptors (Lipinski definition) is 5. The third kappa shape index (κ3) is 3.12. The molecule has 0 atom stereocenters. The van der Waals surface area contributed by atoms with Crippen LogP contribution in [0.2, 0.25) is 0 Å². The van der Waals surface area contributed by atoms with Gasteiger partial charge in [0.05, 0.1) is 0 Å². The van der Waals surface area contributed by atoms with Crippen molar-refractivity contribution in [3.05, 3.63) is 48.0 Å². The average molecular weight is 301 g/mol. The first kappa shape index (κ1) is 14.6. The van der Waals surface area contributed by atoms with Crippen LogP contribution < -0.4 is 4.90 Å². The standard InChI is InChI=1S/C16H19N3O3/c1-21-12-13-5-6-14(22-13)16(20)19-10-8-18(9-11-19)15-4-2-3-7-17-15/h2-7H,8-12H2,1H3. The Morgan fingerprint density at radius 3 is 2.73 bits per heavy atom. The molecule has 0 aliphatic carbocycles. The Labute approximate surface area is 129 Å². The molecule has 116 valence electrons. The molecular formula is C16H19N3O3. The fourth-order valence-electron chi connectivity index (χ4n) is 2.55. The summed E-state index contributed by atoms with van der Waals surface area (Å²) in [5, 5.41) is 0. The molecule has 1 amide bonds. The number of aromatic nitrogens is 1. The van der Waals surface area contributed by atoms with Crippen molar-refractivity contribution in [3.8, 4) is 0 Å². The number of amides is 1. The summed E-state index contributed by atoms with van der Waals surface area (Å²) in [6, 6.07) is 9.35. The van der Waals surface area contributed by atoms with Gasteiger partial charge in [-0.1, -0.05) is 6.07 Å². The summed E-state index contributed by atoms with van der Waals surface area (Å²) in [5.74, 6) is 1.93. The highest BCUT2D eigenvalue weighted by atomic mass is 16.5. The SMILES string of the molecule is COCc1ccc(C(=O)N2CCN(c3ccccn3)CC2)o1. The summed E-state index contributed by atoms with van der Waals surface area (Å²) in [6.45, 7) is 3.24. The van der Waals surface area contributed by atoms with Gasteiger partial charge < -0.3 is 19.0 Å². The third-order valence-electron chi connectivity index (χ3n) is 3.70. The summed E-state index contributed by atoms with van der Waals surface area (Å²) >= 11 is 0. The number of hydrogen-bond donors (Lipinski definition) is 0. The topological polar surface area (TPSA) is 58.8 Å². The van der Waals surface area contributed by atoms with Gasteiger partial charge in [0, 0.05) is 39.5 Å². The summed E-state index contributed by atoms with van der Waals surface area (Å²) in [4.78, 5) is 20.8. The molecule has 0 radical (unpaired) electrons. The lowest BCUT2D eigenvalue weighted by Crippen LogP contribution is -2.49. The molecule has 2 aromatic heterocycles. The van der Waals surface area contributed by atoms with E-state index in [2.05, 4.69) is 9.88 Å². The molecule has 1 saturated heterocycles. The zero-order chi connectivity index (χ0) is 15.4. The minimum Gasteiger partial charge on any atom is -0.453 e. The molecule has 6 heteroatoms. The summed E-state index contributed by atoms with van der Waals surface area (Å²) < 4.78 is 10.5. The third-order valence-corrected chi connectivity index (χ3v) is 3.70. The van der Waals surface area contributed by atoms with E-state index in [0.717, 1.165) is 18.9 Å². The molecule has 3 rings (SSSR count). The molecule has 6 nitrogen and oxygen atoms in total. The fraction of sp³-hybridized carbons (Fsp3) is 0.375. The number of anilines is 1. The maximum absolute atomic E-state index is 12.4. The van der Waals surface area contributed by atoms with Gasteiger partial charge in [0.2, 0.25) is 0 Å². The van der Waals surface area contributed by atoms with E-state index >= 15 is 0 Å². The van der Waals surface area contributed by atoms with Gasteiger partial charge in [0.1, 0.15) is 18.2 Å². The second-order valence-corrected chi connectivity index (χ2v) is 5.17. The van der Waals surface area contributed by atoms with Crippen LogP contribution in [0.1, 0.15) is 16.3 Å². The molecule has 0 aromatic carbocycles. The zero-order valence-electron chi connectivity index (χ0n) is 12.6. The van der Waals surface area contributed by atoms with Gasteiger partial charge >= 0.3 is 0 Å². The summed E-state index contributed by atoms with van der Waals surface area (Å²) in [7, 11) is 1.60. The Hall–Kier alpha value is -2.34. The molecule has 0 N–H and O–H groups in total. The molecule has 1 fully saturated rings. The van der Waals surface area contributed by atoms with Crippen LogP contribution in [-0.4, -0.2) is 49.1 Å². The maximum atomic E-state index is 12.4. The van der Waals surface area contributed by atoms with Crippen LogP contribution in [0.5, 0.6) is 0 Å². The number of ether oxygens (including phenoxy) is 1. The highest BCUT2D eigenvalue weighted by Crippen LogP contribution is 2.16. The number of pyridine rings is 1. The van der Waals surface area contributed by atoms with Crippen LogP contribution >= 0.6 is 0 Å². The molecule has 0 bridgehead atoms. The molecule has 1 aliphatic heterocycles. The van der Waals surface area contributed by atoms with Crippen molar-refractivity contribution in [2.24, 2.45) is 0 Å². The van der Waals surface area contributed by atoms with Crippen molar-refractivity contribution in [3.63, 3.8) is 0 Å². The van der Waals surface area contributed by atoms with Crippen LogP contribution in [0.4, 0.5) is 5.82 Å². The fourth-order valence-corrected chi connectivity index (χ4v) is 2.55. The molecule has 0 saturated carbocycles. The van der Waals surface area contributed by atoms with Gasteiger partial charge in [-0.05, 0) is 24.3 Å². The average Bonchev–Trinajstić information content (AvgIpc) is 3.04. The number of methoxy groups -OCH3 is 1. The first-order chi connectivity index (χ1) is 10.8. The second kappa shape index (κ2) is 6.62. The Morgan fingerprint density at radius 1 is 1.23 bits per heavy atom. The van der Waals surface area contributed by atoms with Gasteiger partial charge in [-0.25, -0.2) is 4.98 Å². The van der Waals surface area contributed by atoms with E-state index in [-0.39, 0.29) is 5.91 Å². The van der Waals surface area contributed by atoms with Crippen molar-refractivity contribution in [1.29, 1.82) is 0 Å². The quantitative estimate of drug-likeness (QED) is 0.861. The van der Waals surface area contributed by atoms with Crippen LogP contribution in [0.15, 0.2) is 40.9 Å². The van der Waals surface area contributed by atoms with E-state index < -0.39 is 0 Å². The van der Waals surface area contributed by atoms with Crippen molar-refractivity contribution < 1.29 is 13.9 Å². The number of furan rings is 1. The van der Waals surface area contributed by atoms with Crippen LogP contribution in [0, 0.1) is 0 Å². The largest absolute Gasteiger partial charge is 0.453 e. The van der Waals surface area contributed by atoms with Gasteiger partial charge in [-0.3, -0.25) is 4.79 Å². The van der Waals surface area contributed by atoms with E-state index in [1.807, 2.05) is 23.1 Å². The first-order valence-corrected chi connectivity index (χ1v) is 7.31. The molecular weight excluding hydrogens is 282 g/mol. The van der Waals surface area contributed by atoms with Gasteiger partial charge in [0.25, 0.3) is 5.91 Å². The molecule has 3 heterocycles. The monoisotopic (exact) mass is 301 g/mol. The number of carbonyl (C=O) groups is 1. The normalized spacial score (nSPS) is 15.1. The van der Waals surface area contributed by atoms with E-state index in [9.17, 15) is 4.79 Å². The Kier molecular flexibility index (Phi) is 4.39. The Balaban J connectivity index is 1.59. The van der Waals surface area contributed by atoms with Crippen LogP contribution in [0.3, 0.4) is 0 Å². The molecule has 22 heavy (non-hydrogen) atoms. The maximum Gasteiger partial charge on any atom is 0.289 e. The number of nitrogens with zero attached hydrogens (tertiary/aromatic N) is 3. The van der Waals surface area contributed by atoms with E-state index in [1.54, 1.807) is 25.4 Å². The van der Waals surface area contributed by atoms with Crippen molar-refractivity contribution >= 4 is 11.7 Å². The van der Waals surface area contributed by atoms with E-state index in [4.69, 9.17) is 9.15 Å². The van der Waals surface area contributed by atoms with Crippen LogP contribution in [0.25, 0.3) is 0 Å². The molecule has 0 spiro atoms. The molecule has 0 unspecified atom stereocenters. The lowest BCUT2D eigenvalue weighted by Gasteiger charge is -2.34. The second-order valence-electron chi connectivity index (χ2n) is 5.17. The predicted octanol–water partition coefficient (Wildman–Crippen LogP) is 1.78. The minimum atomic E-state index is -0.0666. The van der Waals surface area contributed by atoms with Crippen molar-refractivity contribution in [2.45, 2.75) is 6.61 Å². The zero-order valence-corrected chi connectivity index (χ0v) is 12.6. The van der Waals surface area contributed by atoms with Crippen molar-refractivity contribution in [2.75, 3.05) is 38.2 Å². The molecule has 1 aliphatic rings. The smallest absolute Gasteiger partial charge is 0.289 e. The first-order valence-electron chi connectivity index (χ1n) is 7.31. The van der Waals surface area contributed by atoms with Gasteiger partial charge in [-0.15, -0.1) is 0 Å². The molecule has 2 aromatic rings. The summed E-state index contributed by atoms with van der Waals surface area (Å²) in [5.41, 5.74) is 0. The number of piperazine rings is 1. The highest BCUT2D eigenvalue weighted by Gasteiger charge is 2.24. The minimum absolute atomic E-state index is 0.0666. The number of rotatable bonds is 4. The predicted molar refractivity (Wildman–Crippen MR) is 81.8 cm³/mol. The van der Waals surface area contributed by atoms with Gasteiger partial charge in [0.15, 0.2) is 5.76 Å². The van der Waals surface area contributed by atoms with Crippen LogP contribution in [-0.2, 0) is 11.3 Å². The lowest BCUT2D eigenvalue weighted by atomic mass is 10.2. The Bertz CT molecular complexity index is 619. The number of carbonyl (C=O) groups excluding carboxylic acids is 1. The Morgan fingerprint density at radius 2 is 2.05 bits per heavy atom. The van der Waals surface area contributed by atoms with E-state index in [1.165, 1.54) is 0 Å². The summed E-state index contributed by atoms with van der Waals surface area (Å²) in [6.07, 6.45) is 1.78. The van der Waals surface area contributed by atoms with E-state index in [0.29, 0.717) is 31.2 Å². The van der Waals surface area contributed by atoms with Gasteiger partial charge in [-0.2, -0.15) is 0 Å². The lowest BCUT2D eigenvalue weighted by molar-refractivity contribution is 0.0707. The van der Waals surface area contributed by atoms with Crippen molar-refractivity contribution in [1.82, 2.24) is 9.88 Å². The highest BCUT2D eigenvalue weighted by molar-refractivity contribution is 5.91.